The lowest BCUT2D eigenvalue weighted by molar-refractivity contribution is 0.0653. The maximum absolute atomic E-state index is 12.1. The lowest BCUT2D eigenvalue weighted by atomic mass is 10.2. The van der Waals surface area contributed by atoms with E-state index in [4.69, 9.17) is 5.11 Å². The monoisotopic (exact) mass is 278 g/mol. The predicted octanol–water partition coefficient (Wildman–Crippen LogP) is -0.0196. The normalized spacial score (nSPS) is 16.9. The highest BCUT2D eigenvalue weighted by Crippen LogP contribution is 2.07. The maximum Gasteiger partial charge on any atom is 0.337 e. The number of carboxylic acid groups (broad SMARTS) is 1. The molecule has 0 bridgehead atoms. The topological polar surface area (TPSA) is 85.8 Å². The van der Waals surface area contributed by atoms with E-state index >= 15 is 0 Å². The fourth-order valence-corrected chi connectivity index (χ4v) is 2.03. The highest BCUT2D eigenvalue weighted by atomic mass is 16.4. The summed E-state index contributed by atoms with van der Waals surface area (Å²) in [5, 5.41) is 10.8. The minimum absolute atomic E-state index is 0.112. The summed E-state index contributed by atoms with van der Waals surface area (Å²) >= 11 is 0. The molecule has 1 amide bonds. The van der Waals surface area contributed by atoms with Gasteiger partial charge in [-0.2, -0.15) is 0 Å². The van der Waals surface area contributed by atoms with Crippen molar-refractivity contribution in [2.75, 3.05) is 33.2 Å². The number of carbonyl (C=O) groups is 2. The van der Waals surface area contributed by atoms with Crippen molar-refractivity contribution < 1.29 is 14.7 Å². The van der Waals surface area contributed by atoms with E-state index in [0.717, 1.165) is 26.2 Å². The third-order valence-corrected chi connectivity index (χ3v) is 3.31. The van der Waals surface area contributed by atoms with Gasteiger partial charge in [0.1, 0.15) is 5.69 Å². The molecule has 2 heterocycles. The van der Waals surface area contributed by atoms with Gasteiger partial charge in [-0.05, 0) is 26.1 Å². The molecular formula is C13H18N4O3. The number of likely N-dealkylation sites (N-methyl/N-ethyl adjacent to an activating group) is 1. The second-order valence-corrected chi connectivity index (χ2v) is 4.87. The van der Waals surface area contributed by atoms with Crippen LogP contribution in [0.2, 0.25) is 0 Å². The number of aryl methyl sites for hydroxylation is 1. The van der Waals surface area contributed by atoms with Crippen LogP contribution in [0.1, 0.15) is 26.5 Å². The van der Waals surface area contributed by atoms with Gasteiger partial charge < -0.3 is 10.0 Å². The fourth-order valence-electron chi connectivity index (χ4n) is 2.03. The molecule has 20 heavy (non-hydrogen) atoms. The molecule has 1 aliphatic heterocycles. The maximum atomic E-state index is 12.1. The summed E-state index contributed by atoms with van der Waals surface area (Å²) in [7, 11) is 2.04. The van der Waals surface area contributed by atoms with E-state index in [9.17, 15) is 9.59 Å². The van der Waals surface area contributed by atoms with Gasteiger partial charge in [0.15, 0.2) is 0 Å². The Kier molecular flexibility index (Phi) is 4.31. The summed E-state index contributed by atoms with van der Waals surface area (Å²) in [4.78, 5) is 29.2. The number of amides is 1. The standard InChI is InChI=1S/C13H18N4O3/c1-9-10(13(19)20)3-4-11(14-9)12(18)15-17-7-5-16(2)6-8-17/h3-4H,5-8H2,1-2H3,(H,15,18)(H,19,20). The third kappa shape index (κ3) is 3.31. The first-order chi connectivity index (χ1) is 9.47. The number of piperazine rings is 1. The van der Waals surface area contributed by atoms with E-state index in [1.165, 1.54) is 12.1 Å². The van der Waals surface area contributed by atoms with Gasteiger partial charge in [-0.3, -0.25) is 10.2 Å². The van der Waals surface area contributed by atoms with Gasteiger partial charge in [-0.25, -0.2) is 14.8 Å². The van der Waals surface area contributed by atoms with Gasteiger partial charge in [0.2, 0.25) is 0 Å². The number of hydrazine groups is 1. The molecule has 1 fully saturated rings. The van der Waals surface area contributed by atoms with Crippen LogP contribution in [0.3, 0.4) is 0 Å². The second-order valence-electron chi connectivity index (χ2n) is 4.87. The summed E-state index contributed by atoms with van der Waals surface area (Å²) in [6, 6.07) is 2.84. The second kappa shape index (κ2) is 5.98. The Bertz CT molecular complexity index is 524. The largest absolute Gasteiger partial charge is 0.478 e. The zero-order chi connectivity index (χ0) is 14.7. The van der Waals surface area contributed by atoms with Gasteiger partial charge in [0, 0.05) is 26.2 Å². The first-order valence-corrected chi connectivity index (χ1v) is 6.43. The van der Waals surface area contributed by atoms with Crippen LogP contribution in [-0.4, -0.2) is 65.1 Å². The molecule has 0 unspecified atom stereocenters. The molecule has 108 valence electrons. The molecule has 7 nitrogen and oxygen atoms in total. The molecule has 0 aromatic carbocycles. The van der Waals surface area contributed by atoms with Crippen molar-refractivity contribution in [1.82, 2.24) is 20.3 Å². The van der Waals surface area contributed by atoms with E-state index < -0.39 is 5.97 Å². The molecule has 1 aromatic rings. The zero-order valence-corrected chi connectivity index (χ0v) is 11.6. The molecule has 1 saturated heterocycles. The molecule has 0 spiro atoms. The van der Waals surface area contributed by atoms with Crippen molar-refractivity contribution >= 4 is 11.9 Å². The quantitative estimate of drug-likeness (QED) is 0.808. The molecule has 7 heteroatoms. The molecule has 0 radical (unpaired) electrons. The summed E-state index contributed by atoms with van der Waals surface area (Å²) in [5.74, 6) is -1.35. The van der Waals surface area contributed by atoms with Crippen LogP contribution in [0.4, 0.5) is 0 Å². The number of nitrogens with one attached hydrogen (secondary N) is 1. The van der Waals surface area contributed by atoms with E-state index in [1.54, 1.807) is 6.92 Å². The molecule has 0 atom stereocenters. The van der Waals surface area contributed by atoms with Crippen LogP contribution in [0.15, 0.2) is 12.1 Å². The van der Waals surface area contributed by atoms with Crippen LogP contribution >= 0.6 is 0 Å². The SMILES string of the molecule is Cc1nc(C(=O)NN2CCN(C)CC2)ccc1C(=O)O. The summed E-state index contributed by atoms with van der Waals surface area (Å²) in [6.07, 6.45) is 0. The molecule has 1 aromatic heterocycles. The Balaban J connectivity index is 2.02. The number of rotatable bonds is 3. The number of pyridine rings is 1. The van der Waals surface area contributed by atoms with Crippen molar-refractivity contribution in [1.29, 1.82) is 0 Å². The van der Waals surface area contributed by atoms with E-state index in [1.807, 2.05) is 12.1 Å². The van der Waals surface area contributed by atoms with Crippen molar-refractivity contribution in [2.24, 2.45) is 0 Å². The summed E-state index contributed by atoms with van der Waals surface area (Å²) in [6.45, 7) is 4.88. The van der Waals surface area contributed by atoms with Crippen molar-refractivity contribution in [3.63, 3.8) is 0 Å². The predicted molar refractivity (Wildman–Crippen MR) is 72.5 cm³/mol. The first-order valence-electron chi connectivity index (χ1n) is 6.43. The van der Waals surface area contributed by atoms with Gasteiger partial charge in [-0.1, -0.05) is 0 Å². The Morgan fingerprint density at radius 2 is 1.90 bits per heavy atom. The Morgan fingerprint density at radius 1 is 1.25 bits per heavy atom. The van der Waals surface area contributed by atoms with Crippen molar-refractivity contribution in [2.45, 2.75) is 6.92 Å². The summed E-state index contributed by atoms with van der Waals surface area (Å²) in [5.41, 5.74) is 3.47. The smallest absolute Gasteiger partial charge is 0.337 e. The van der Waals surface area contributed by atoms with Gasteiger partial charge >= 0.3 is 5.97 Å². The Hall–Kier alpha value is -1.99. The number of hydrogen-bond donors (Lipinski definition) is 2. The molecule has 0 saturated carbocycles. The highest BCUT2D eigenvalue weighted by molar-refractivity contribution is 5.94. The number of aromatic carboxylic acids is 1. The van der Waals surface area contributed by atoms with Crippen LogP contribution < -0.4 is 5.43 Å². The van der Waals surface area contributed by atoms with Crippen LogP contribution in [-0.2, 0) is 0 Å². The van der Waals surface area contributed by atoms with Crippen LogP contribution in [0.5, 0.6) is 0 Å². The molecule has 2 rings (SSSR count). The lowest BCUT2D eigenvalue weighted by Crippen LogP contribution is -2.52. The third-order valence-electron chi connectivity index (χ3n) is 3.31. The van der Waals surface area contributed by atoms with E-state index in [2.05, 4.69) is 15.3 Å². The van der Waals surface area contributed by atoms with Gasteiger partial charge in [-0.15, -0.1) is 0 Å². The lowest BCUT2D eigenvalue weighted by Gasteiger charge is -2.32. The fraction of sp³-hybridized carbons (Fsp3) is 0.462. The molecule has 0 aliphatic carbocycles. The number of carbonyl (C=O) groups excluding carboxylic acids is 1. The average Bonchev–Trinajstić information content (AvgIpc) is 2.40. The van der Waals surface area contributed by atoms with Crippen molar-refractivity contribution in [3.8, 4) is 0 Å². The number of nitrogens with zero attached hydrogens (tertiary/aromatic N) is 3. The van der Waals surface area contributed by atoms with E-state index in [-0.39, 0.29) is 17.2 Å². The van der Waals surface area contributed by atoms with Crippen molar-refractivity contribution in [3.05, 3.63) is 29.1 Å². The molecule has 1 aliphatic rings. The number of hydrogen-bond acceptors (Lipinski definition) is 5. The van der Waals surface area contributed by atoms with Gasteiger partial charge in [0.25, 0.3) is 5.91 Å². The summed E-state index contributed by atoms with van der Waals surface area (Å²) < 4.78 is 0. The van der Waals surface area contributed by atoms with Crippen LogP contribution in [0.25, 0.3) is 0 Å². The molecule has 2 N–H and O–H groups in total. The van der Waals surface area contributed by atoms with Crippen LogP contribution in [0, 0.1) is 6.92 Å². The Morgan fingerprint density at radius 3 is 2.45 bits per heavy atom. The average molecular weight is 278 g/mol. The number of aromatic nitrogens is 1. The zero-order valence-electron chi connectivity index (χ0n) is 11.6. The Labute approximate surface area is 117 Å². The minimum atomic E-state index is -1.04. The van der Waals surface area contributed by atoms with Gasteiger partial charge in [0.05, 0.1) is 11.3 Å². The first kappa shape index (κ1) is 14.4. The molecular weight excluding hydrogens is 260 g/mol. The highest BCUT2D eigenvalue weighted by Gasteiger charge is 2.18. The minimum Gasteiger partial charge on any atom is -0.478 e. The van der Waals surface area contributed by atoms with E-state index in [0.29, 0.717) is 5.69 Å². The number of carboxylic acids is 1.